The minimum Gasteiger partial charge on any atom is -0.317 e. The summed E-state index contributed by atoms with van der Waals surface area (Å²) in [5.74, 6) is 0.344. The van der Waals surface area contributed by atoms with Gasteiger partial charge in [0.15, 0.2) is 0 Å². The molecule has 0 spiro atoms. The number of rotatable bonds is 3. The van der Waals surface area contributed by atoms with E-state index in [1.165, 1.54) is 0 Å². The molecule has 0 saturated carbocycles. The zero-order valence-corrected chi connectivity index (χ0v) is 7.28. The van der Waals surface area contributed by atoms with E-state index in [2.05, 4.69) is 5.32 Å². The lowest BCUT2D eigenvalue weighted by molar-refractivity contribution is 0.176. The summed E-state index contributed by atoms with van der Waals surface area (Å²) in [6, 6.07) is 0. The highest BCUT2D eigenvalue weighted by molar-refractivity contribution is 4.74. The molecule has 11 heavy (non-hydrogen) atoms. The van der Waals surface area contributed by atoms with Crippen molar-refractivity contribution >= 4 is 0 Å². The van der Waals surface area contributed by atoms with Crippen LogP contribution in [0, 0.1) is 5.92 Å². The van der Waals surface area contributed by atoms with Crippen molar-refractivity contribution in [1.82, 2.24) is 5.32 Å². The molecule has 1 rings (SSSR count). The predicted octanol–water partition coefficient (Wildman–Crippen LogP) is 2.12. The Hall–Kier alpha value is -0.110. The summed E-state index contributed by atoms with van der Waals surface area (Å²) in [5, 5.41) is 3.25. The number of hydrogen-bond acceptors (Lipinski definition) is 1. The summed E-state index contributed by atoms with van der Waals surface area (Å²) in [6.07, 6.45) is 3.25. The molecule has 0 aliphatic carbocycles. The van der Waals surface area contributed by atoms with E-state index in [9.17, 15) is 4.39 Å². The van der Waals surface area contributed by atoms with E-state index in [-0.39, 0.29) is 0 Å². The third kappa shape index (κ3) is 2.78. The molecule has 1 aliphatic rings. The molecular weight excluding hydrogens is 141 g/mol. The van der Waals surface area contributed by atoms with Gasteiger partial charge in [0, 0.05) is 0 Å². The highest BCUT2D eigenvalue weighted by atomic mass is 19.1. The molecule has 66 valence electrons. The largest absolute Gasteiger partial charge is 0.317 e. The lowest BCUT2D eigenvalue weighted by atomic mass is 9.91. The van der Waals surface area contributed by atoms with Gasteiger partial charge in [-0.15, -0.1) is 0 Å². The van der Waals surface area contributed by atoms with Crippen LogP contribution in [0.3, 0.4) is 0 Å². The lowest BCUT2D eigenvalue weighted by Gasteiger charge is -2.25. The van der Waals surface area contributed by atoms with Crippen molar-refractivity contribution in [1.29, 1.82) is 0 Å². The molecule has 1 nitrogen and oxygen atoms in total. The summed E-state index contributed by atoms with van der Waals surface area (Å²) in [4.78, 5) is 0. The molecule has 0 radical (unpaired) electrons. The van der Waals surface area contributed by atoms with Crippen molar-refractivity contribution in [2.45, 2.75) is 38.8 Å². The number of halogens is 1. The summed E-state index contributed by atoms with van der Waals surface area (Å²) in [7, 11) is 0. The summed E-state index contributed by atoms with van der Waals surface area (Å²) in [6.45, 7) is 4.07. The Morgan fingerprint density at radius 1 is 1.45 bits per heavy atom. The topological polar surface area (TPSA) is 12.0 Å². The predicted molar refractivity (Wildman–Crippen MR) is 45.4 cm³/mol. The molecule has 0 aromatic heterocycles. The SMILES string of the molecule is CCCC(F)C1CCNCC1. The molecule has 1 N–H and O–H groups in total. The van der Waals surface area contributed by atoms with Crippen molar-refractivity contribution in [3.05, 3.63) is 0 Å². The number of piperidine rings is 1. The average Bonchev–Trinajstić information content (AvgIpc) is 2.07. The first-order chi connectivity index (χ1) is 5.34. The van der Waals surface area contributed by atoms with Gasteiger partial charge in [-0.3, -0.25) is 0 Å². The Kier molecular flexibility index (Phi) is 3.84. The molecule has 0 bridgehead atoms. The maximum absolute atomic E-state index is 13.3. The molecule has 1 heterocycles. The van der Waals surface area contributed by atoms with Gasteiger partial charge < -0.3 is 5.32 Å². The van der Waals surface area contributed by atoms with Crippen molar-refractivity contribution in [3.8, 4) is 0 Å². The van der Waals surface area contributed by atoms with Crippen LogP contribution in [0.5, 0.6) is 0 Å². The van der Waals surface area contributed by atoms with E-state index >= 15 is 0 Å². The number of hydrogen-bond donors (Lipinski definition) is 1. The Morgan fingerprint density at radius 3 is 2.64 bits per heavy atom. The van der Waals surface area contributed by atoms with E-state index in [1.807, 2.05) is 6.92 Å². The monoisotopic (exact) mass is 159 g/mol. The standard InChI is InChI=1S/C9H18FN/c1-2-3-9(10)8-4-6-11-7-5-8/h8-9,11H,2-7H2,1H3. The third-order valence-corrected chi connectivity index (χ3v) is 2.46. The zero-order chi connectivity index (χ0) is 8.10. The van der Waals surface area contributed by atoms with Crippen molar-refractivity contribution < 1.29 is 4.39 Å². The van der Waals surface area contributed by atoms with Gasteiger partial charge in [-0.1, -0.05) is 13.3 Å². The number of alkyl halides is 1. The molecular formula is C9H18FN. The van der Waals surface area contributed by atoms with Crippen LogP contribution in [-0.4, -0.2) is 19.3 Å². The van der Waals surface area contributed by atoms with Crippen molar-refractivity contribution in [3.63, 3.8) is 0 Å². The van der Waals surface area contributed by atoms with Crippen LogP contribution in [-0.2, 0) is 0 Å². The fraction of sp³-hybridized carbons (Fsp3) is 1.00. The normalized spacial score (nSPS) is 23.5. The minimum atomic E-state index is -0.540. The van der Waals surface area contributed by atoms with E-state index < -0.39 is 6.17 Å². The van der Waals surface area contributed by atoms with Gasteiger partial charge in [0.25, 0.3) is 0 Å². The van der Waals surface area contributed by atoms with Gasteiger partial charge in [-0.25, -0.2) is 4.39 Å². The van der Waals surface area contributed by atoms with Crippen LogP contribution in [0.1, 0.15) is 32.6 Å². The van der Waals surface area contributed by atoms with E-state index in [0.29, 0.717) is 5.92 Å². The molecule has 0 aromatic rings. The van der Waals surface area contributed by atoms with Gasteiger partial charge in [0.05, 0.1) is 0 Å². The van der Waals surface area contributed by atoms with E-state index in [0.717, 1.165) is 38.8 Å². The molecule has 0 aromatic carbocycles. The molecule has 0 amide bonds. The van der Waals surface area contributed by atoms with Crippen molar-refractivity contribution in [2.24, 2.45) is 5.92 Å². The highest BCUT2D eigenvalue weighted by Gasteiger charge is 2.21. The van der Waals surface area contributed by atoms with Gasteiger partial charge in [-0.05, 0) is 38.3 Å². The number of nitrogens with one attached hydrogen (secondary N) is 1. The van der Waals surface area contributed by atoms with Crippen LogP contribution in [0.4, 0.5) is 4.39 Å². The second-order valence-electron chi connectivity index (χ2n) is 3.39. The van der Waals surface area contributed by atoms with Gasteiger partial charge in [0.2, 0.25) is 0 Å². The fourth-order valence-corrected chi connectivity index (χ4v) is 1.72. The van der Waals surface area contributed by atoms with Crippen LogP contribution in [0.15, 0.2) is 0 Å². The maximum Gasteiger partial charge on any atom is 0.103 e. The fourth-order valence-electron chi connectivity index (χ4n) is 1.72. The molecule has 1 saturated heterocycles. The molecule has 1 aliphatic heterocycles. The van der Waals surface area contributed by atoms with Crippen molar-refractivity contribution in [2.75, 3.05) is 13.1 Å². The Bertz CT molecular complexity index is 99.7. The Balaban J connectivity index is 2.21. The lowest BCUT2D eigenvalue weighted by Crippen LogP contribution is -2.32. The van der Waals surface area contributed by atoms with Crippen LogP contribution in [0.2, 0.25) is 0 Å². The van der Waals surface area contributed by atoms with Gasteiger partial charge in [0.1, 0.15) is 6.17 Å². The Morgan fingerprint density at radius 2 is 2.09 bits per heavy atom. The van der Waals surface area contributed by atoms with Crippen LogP contribution >= 0.6 is 0 Å². The highest BCUT2D eigenvalue weighted by Crippen LogP contribution is 2.22. The summed E-state index contributed by atoms with van der Waals surface area (Å²) in [5.41, 5.74) is 0. The smallest absolute Gasteiger partial charge is 0.103 e. The molecule has 2 heteroatoms. The minimum absolute atomic E-state index is 0.344. The second-order valence-corrected chi connectivity index (χ2v) is 3.39. The first kappa shape index (κ1) is 8.98. The van der Waals surface area contributed by atoms with E-state index in [4.69, 9.17) is 0 Å². The van der Waals surface area contributed by atoms with Crippen LogP contribution < -0.4 is 5.32 Å². The second kappa shape index (κ2) is 4.70. The first-order valence-electron chi connectivity index (χ1n) is 4.69. The molecule has 1 fully saturated rings. The summed E-state index contributed by atoms with van der Waals surface area (Å²) >= 11 is 0. The van der Waals surface area contributed by atoms with Gasteiger partial charge >= 0.3 is 0 Å². The van der Waals surface area contributed by atoms with E-state index in [1.54, 1.807) is 0 Å². The third-order valence-electron chi connectivity index (χ3n) is 2.46. The van der Waals surface area contributed by atoms with Crippen LogP contribution in [0.25, 0.3) is 0 Å². The average molecular weight is 159 g/mol. The Labute approximate surface area is 68.4 Å². The summed E-state index contributed by atoms with van der Waals surface area (Å²) < 4.78 is 13.3. The maximum atomic E-state index is 13.3. The molecule has 1 atom stereocenters. The first-order valence-corrected chi connectivity index (χ1v) is 4.69. The zero-order valence-electron chi connectivity index (χ0n) is 7.28. The molecule has 1 unspecified atom stereocenters. The quantitative estimate of drug-likeness (QED) is 0.665. The van der Waals surface area contributed by atoms with Gasteiger partial charge in [-0.2, -0.15) is 0 Å².